The summed E-state index contributed by atoms with van der Waals surface area (Å²) in [6.07, 6.45) is 1.63. The number of rotatable bonds is 8. The van der Waals surface area contributed by atoms with Crippen molar-refractivity contribution in [1.29, 1.82) is 0 Å². The molecule has 2 aliphatic rings. The summed E-state index contributed by atoms with van der Waals surface area (Å²) >= 11 is 6.03. The van der Waals surface area contributed by atoms with E-state index < -0.39 is 5.41 Å². The molecule has 2 aromatic rings. The van der Waals surface area contributed by atoms with Crippen LogP contribution in [-0.2, 0) is 14.9 Å². The van der Waals surface area contributed by atoms with Crippen LogP contribution in [0.4, 0.5) is 11.4 Å². The van der Waals surface area contributed by atoms with Crippen LogP contribution in [0.5, 0.6) is 11.5 Å². The van der Waals surface area contributed by atoms with Crippen molar-refractivity contribution in [3.05, 3.63) is 47.0 Å². The largest absolute Gasteiger partial charge is 0.492 e. The van der Waals surface area contributed by atoms with Crippen LogP contribution in [0.2, 0.25) is 5.02 Å². The van der Waals surface area contributed by atoms with Crippen molar-refractivity contribution in [2.24, 2.45) is 0 Å². The van der Waals surface area contributed by atoms with E-state index in [2.05, 4.69) is 10.2 Å². The van der Waals surface area contributed by atoms with Crippen LogP contribution in [0.25, 0.3) is 0 Å². The molecule has 0 aromatic heterocycles. The van der Waals surface area contributed by atoms with E-state index in [1.165, 1.54) is 0 Å². The normalized spacial score (nSPS) is 17.2. The molecule has 6 nitrogen and oxygen atoms in total. The van der Waals surface area contributed by atoms with Crippen LogP contribution < -0.4 is 19.7 Å². The Morgan fingerprint density at radius 2 is 1.71 bits per heavy atom. The molecule has 2 aromatic carbocycles. The first-order chi connectivity index (χ1) is 15.1. The maximum Gasteiger partial charge on any atom is 0.235 e. The number of anilines is 2. The van der Waals surface area contributed by atoms with Gasteiger partial charge in [0.05, 0.1) is 43.2 Å². The number of morpholine rings is 1. The highest BCUT2D eigenvalue weighted by Gasteiger charge is 2.51. The van der Waals surface area contributed by atoms with Gasteiger partial charge in [-0.25, -0.2) is 0 Å². The van der Waals surface area contributed by atoms with Crippen molar-refractivity contribution in [2.75, 3.05) is 49.7 Å². The molecule has 1 saturated carbocycles. The maximum atomic E-state index is 13.3. The monoisotopic (exact) mass is 444 g/mol. The quantitative estimate of drug-likeness (QED) is 0.642. The lowest BCUT2D eigenvalue weighted by Gasteiger charge is -2.31. The molecule has 1 saturated heterocycles. The van der Waals surface area contributed by atoms with Gasteiger partial charge >= 0.3 is 0 Å². The molecule has 0 unspecified atom stereocenters. The fraction of sp³-hybridized carbons (Fsp3) is 0.458. The first-order valence-electron chi connectivity index (χ1n) is 10.9. The van der Waals surface area contributed by atoms with Gasteiger partial charge in [-0.15, -0.1) is 0 Å². The van der Waals surface area contributed by atoms with Crippen LogP contribution in [0.15, 0.2) is 36.4 Å². The smallest absolute Gasteiger partial charge is 0.235 e. The lowest BCUT2D eigenvalue weighted by Crippen LogP contribution is -2.36. The predicted molar refractivity (Wildman–Crippen MR) is 123 cm³/mol. The number of hydrogen-bond donors (Lipinski definition) is 1. The number of halogens is 1. The third-order valence-electron chi connectivity index (χ3n) is 5.84. The highest BCUT2D eigenvalue weighted by atomic mass is 35.5. The van der Waals surface area contributed by atoms with Crippen LogP contribution in [0.1, 0.15) is 32.3 Å². The van der Waals surface area contributed by atoms with E-state index in [0.29, 0.717) is 42.9 Å². The topological polar surface area (TPSA) is 60.0 Å². The number of ether oxygens (including phenoxy) is 3. The summed E-state index contributed by atoms with van der Waals surface area (Å²) in [5.41, 5.74) is 2.07. The summed E-state index contributed by atoms with van der Waals surface area (Å²) in [4.78, 5) is 15.6. The van der Waals surface area contributed by atoms with Gasteiger partial charge in [0, 0.05) is 30.2 Å². The molecule has 1 amide bonds. The summed E-state index contributed by atoms with van der Waals surface area (Å²) in [7, 11) is 0. The van der Waals surface area contributed by atoms with Crippen LogP contribution in [0.3, 0.4) is 0 Å². The molecule has 31 heavy (non-hydrogen) atoms. The molecule has 0 radical (unpaired) electrons. The van der Waals surface area contributed by atoms with E-state index in [1.807, 2.05) is 50.2 Å². The first kappa shape index (κ1) is 21.8. The van der Waals surface area contributed by atoms with Crippen molar-refractivity contribution < 1.29 is 19.0 Å². The molecule has 0 spiro atoms. The van der Waals surface area contributed by atoms with Gasteiger partial charge in [-0.05, 0) is 44.4 Å². The molecule has 0 bridgehead atoms. The summed E-state index contributed by atoms with van der Waals surface area (Å²) in [6.45, 7) is 7.86. The van der Waals surface area contributed by atoms with Gasteiger partial charge in [-0.2, -0.15) is 0 Å². The predicted octanol–water partition coefficient (Wildman–Crippen LogP) is 4.64. The minimum absolute atomic E-state index is 0.0302. The molecule has 7 heteroatoms. The van der Waals surface area contributed by atoms with Gasteiger partial charge in [0.15, 0.2) is 0 Å². The average Bonchev–Trinajstić information content (AvgIpc) is 3.59. The van der Waals surface area contributed by atoms with E-state index in [-0.39, 0.29) is 5.91 Å². The molecule has 1 N–H and O–H groups in total. The summed E-state index contributed by atoms with van der Waals surface area (Å²) < 4.78 is 17.3. The SMILES string of the molecule is CCOc1cc(N2CCOCC2)c(OCC)cc1NC(=O)C1(c2ccc(Cl)cc2)CC1. The second-order valence-corrected chi connectivity index (χ2v) is 8.26. The number of hydrogen-bond acceptors (Lipinski definition) is 5. The Morgan fingerprint density at radius 3 is 2.32 bits per heavy atom. The zero-order valence-corrected chi connectivity index (χ0v) is 18.8. The molecular formula is C24H29ClN2O4. The number of carbonyl (C=O) groups excluding carboxylic acids is 1. The zero-order valence-electron chi connectivity index (χ0n) is 18.1. The standard InChI is InChI=1S/C24H29ClN2O4/c1-3-30-21-16-20(27-11-13-29-14-12-27)22(31-4-2)15-19(21)26-23(28)24(9-10-24)17-5-7-18(25)8-6-17/h5-8,15-16H,3-4,9-14H2,1-2H3,(H,26,28). The second kappa shape index (κ2) is 9.37. The number of amides is 1. The molecular weight excluding hydrogens is 416 g/mol. The lowest BCUT2D eigenvalue weighted by atomic mass is 9.95. The number of benzene rings is 2. The maximum absolute atomic E-state index is 13.3. The van der Waals surface area contributed by atoms with Crippen molar-refractivity contribution >= 4 is 28.9 Å². The fourth-order valence-corrected chi connectivity index (χ4v) is 4.15. The highest BCUT2D eigenvalue weighted by molar-refractivity contribution is 6.30. The number of nitrogens with one attached hydrogen (secondary N) is 1. The van der Waals surface area contributed by atoms with Crippen LogP contribution in [0, 0.1) is 0 Å². The van der Waals surface area contributed by atoms with Crippen molar-refractivity contribution in [3.63, 3.8) is 0 Å². The molecule has 1 aliphatic heterocycles. The number of nitrogens with zero attached hydrogens (tertiary/aromatic N) is 1. The molecule has 1 heterocycles. The van der Waals surface area contributed by atoms with E-state index >= 15 is 0 Å². The Hall–Kier alpha value is -2.44. The molecule has 0 atom stereocenters. The Bertz CT molecular complexity index is 922. The summed E-state index contributed by atoms with van der Waals surface area (Å²) in [5, 5.41) is 3.79. The van der Waals surface area contributed by atoms with Gasteiger partial charge in [0.2, 0.25) is 5.91 Å². The van der Waals surface area contributed by atoms with Gasteiger partial charge in [-0.3, -0.25) is 4.79 Å². The van der Waals surface area contributed by atoms with Crippen molar-refractivity contribution in [2.45, 2.75) is 32.1 Å². The van der Waals surface area contributed by atoms with Crippen molar-refractivity contribution in [1.82, 2.24) is 0 Å². The summed E-state index contributed by atoms with van der Waals surface area (Å²) in [5.74, 6) is 1.35. The highest BCUT2D eigenvalue weighted by Crippen LogP contribution is 2.50. The molecule has 4 rings (SSSR count). The van der Waals surface area contributed by atoms with Gasteiger partial charge in [0.1, 0.15) is 11.5 Å². The Labute approximate surface area is 188 Å². The van der Waals surface area contributed by atoms with Gasteiger partial charge in [-0.1, -0.05) is 23.7 Å². The Balaban J connectivity index is 1.64. The van der Waals surface area contributed by atoms with Crippen LogP contribution in [-0.4, -0.2) is 45.4 Å². The van der Waals surface area contributed by atoms with Gasteiger partial charge in [0.25, 0.3) is 0 Å². The van der Waals surface area contributed by atoms with E-state index in [1.54, 1.807) is 0 Å². The third-order valence-corrected chi connectivity index (χ3v) is 6.09. The number of carbonyl (C=O) groups is 1. The van der Waals surface area contributed by atoms with Crippen molar-refractivity contribution in [3.8, 4) is 11.5 Å². The molecule has 1 aliphatic carbocycles. The zero-order chi connectivity index (χ0) is 21.8. The molecule has 2 fully saturated rings. The van der Waals surface area contributed by atoms with Crippen LogP contribution >= 0.6 is 11.6 Å². The fourth-order valence-electron chi connectivity index (χ4n) is 4.03. The van der Waals surface area contributed by atoms with E-state index in [9.17, 15) is 4.79 Å². The van der Waals surface area contributed by atoms with E-state index in [0.717, 1.165) is 42.9 Å². The van der Waals surface area contributed by atoms with E-state index in [4.69, 9.17) is 25.8 Å². The first-order valence-corrected chi connectivity index (χ1v) is 11.3. The van der Waals surface area contributed by atoms with Gasteiger partial charge < -0.3 is 24.4 Å². The lowest BCUT2D eigenvalue weighted by molar-refractivity contribution is -0.118. The third kappa shape index (κ3) is 4.60. The minimum atomic E-state index is -0.511. The summed E-state index contributed by atoms with van der Waals surface area (Å²) in [6, 6.07) is 11.4. The average molecular weight is 445 g/mol. The minimum Gasteiger partial charge on any atom is -0.492 e. The second-order valence-electron chi connectivity index (χ2n) is 7.82. The molecule has 166 valence electrons. The Morgan fingerprint density at radius 1 is 1.06 bits per heavy atom. The Kier molecular flexibility index (Phi) is 6.58.